The number of carbonyl (C=O) groups is 2. The molecule has 6 N–H and O–H groups in total. The van der Waals surface area contributed by atoms with Gasteiger partial charge in [-0.25, -0.2) is 9.59 Å². The van der Waals surface area contributed by atoms with E-state index in [-0.39, 0.29) is 12.1 Å². The van der Waals surface area contributed by atoms with Gasteiger partial charge < -0.3 is 16.4 Å². The second-order valence-electron chi connectivity index (χ2n) is 4.82. The van der Waals surface area contributed by atoms with E-state index >= 15 is 0 Å². The fraction of sp³-hybridized carbons (Fsp3) is 0.800. The molecule has 3 atom stereocenters. The minimum atomic E-state index is -0.512. The van der Waals surface area contributed by atoms with E-state index in [1.54, 1.807) is 0 Å². The summed E-state index contributed by atoms with van der Waals surface area (Å²) in [6.45, 7) is 2.15. The second-order valence-corrected chi connectivity index (χ2v) is 4.82. The molecule has 1 aliphatic heterocycles. The van der Waals surface area contributed by atoms with Gasteiger partial charge in [-0.3, -0.25) is 10.6 Å². The Kier molecular flexibility index (Phi) is 3.49. The fourth-order valence-electron chi connectivity index (χ4n) is 2.30. The lowest BCUT2D eigenvalue weighted by molar-refractivity contribution is 0.189. The minimum Gasteiger partial charge on any atom is -0.327 e. The number of hydrogen-bond donors (Lipinski definition) is 5. The Bertz CT molecular complexity index is 306. The Morgan fingerprint density at radius 3 is 2.47 bits per heavy atom. The number of nitrogens with one attached hydrogen (secondary N) is 4. The highest BCUT2D eigenvalue weighted by molar-refractivity contribution is 5.95. The number of amides is 4. The highest BCUT2D eigenvalue weighted by Gasteiger charge is 2.29. The van der Waals surface area contributed by atoms with Gasteiger partial charge in [0.2, 0.25) is 0 Å². The number of carbonyl (C=O) groups excluding carboxylic acids is 2. The zero-order valence-corrected chi connectivity index (χ0v) is 9.82. The van der Waals surface area contributed by atoms with Gasteiger partial charge in [-0.05, 0) is 25.2 Å². The van der Waals surface area contributed by atoms with Crippen LogP contribution < -0.4 is 27.0 Å². The van der Waals surface area contributed by atoms with Crippen molar-refractivity contribution in [1.29, 1.82) is 0 Å². The molecule has 0 bridgehead atoms. The van der Waals surface area contributed by atoms with Crippen molar-refractivity contribution < 1.29 is 9.59 Å². The van der Waals surface area contributed by atoms with E-state index < -0.39 is 18.4 Å². The molecule has 96 valence electrons. The van der Waals surface area contributed by atoms with Crippen molar-refractivity contribution in [2.45, 2.75) is 44.6 Å². The standard InChI is InChI=1S/C10H19N5O2/c1-5-2-3-6(4-7(5)11)12-8-13-9(16)15-10(17)14-8/h5-8,12H,2-4,11H2,1H3,(H3,13,14,15,16,17)/t5-,6-,7+/m1/s1. The molecule has 4 amide bonds. The maximum absolute atomic E-state index is 11.1. The minimum absolute atomic E-state index is 0.175. The molecule has 2 rings (SSSR count). The van der Waals surface area contributed by atoms with Crippen molar-refractivity contribution in [1.82, 2.24) is 21.3 Å². The Morgan fingerprint density at radius 2 is 1.88 bits per heavy atom. The Balaban J connectivity index is 1.84. The highest BCUT2D eigenvalue weighted by atomic mass is 16.2. The van der Waals surface area contributed by atoms with Crippen LogP contribution in [0.4, 0.5) is 9.59 Å². The van der Waals surface area contributed by atoms with E-state index in [2.05, 4.69) is 28.2 Å². The van der Waals surface area contributed by atoms with Crippen molar-refractivity contribution in [2.24, 2.45) is 11.7 Å². The number of nitrogens with two attached hydrogens (primary N) is 1. The zero-order chi connectivity index (χ0) is 12.4. The monoisotopic (exact) mass is 241 g/mol. The van der Waals surface area contributed by atoms with Gasteiger partial charge in [0, 0.05) is 12.1 Å². The summed E-state index contributed by atoms with van der Waals surface area (Å²) in [4.78, 5) is 22.2. The molecule has 0 radical (unpaired) electrons. The second kappa shape index (κ2) is 4.89. The van der Waals surface area contributed by atoms with Gasteiger partial charge in [0.15, 0.2) is 6.29 Å². The van der Waals surface area contributed by atoms with Gasteiger partial charge in [0.25, 0.3) is 0 Å². The number of imide groups is 1. The third kappa shape index (κ3) is 3.07. The summed E-state index contributed by atoms with van der Waals surface area (Å²) in [6, 6.07) is -0.571. The van der Waals surface area contributed by atoms with E-state index in [9.17, 15) is 9.59 Å². The first-order valence-electron chi connectivity index (χ1n) is 5.94. The van der Waals surface area contributed by atoms with Crippen LogP contribution in [0, 0.1) is 5.92 Å². The topological polar surface area (TPSA) is 108 Å². The normalized spacial score (nSPS) is 34.8. The zero-order valence-electron chi connectivity index (χ0n) is 9.82. The van der Waals surface area contributed by atoms with Crippen LogP contribution in [-0.2, 0) is 0 Å². The Labute approximate surface area is 99.9 Å². The average molecular weight is 241 g/mol. The summed E-state index contributed by atoms with van der Waals surface area (Å²) < 4.78 is 0. The van der Waals surface area contributed by atoms with E-state index in [0.717, 1.165) is 19.3 Å². The van der Waals surface area contributed by atoms with E-state index in [0.29, 0.717) is 5.92 Å². The molecule has 1 heterocycles. The van der Waals surface area contributed by atoms with Crippen molar-refractivity contribution in [3.63, 3.8) is 0 Å². The van der Waals surface area contributed by atoms with E-state index in [1.165, 1.54) is 0 Å². The van der Waals surface area contributed by atoms with Crippen molar-refractivity contribution in [3.8, 4) is 0 Å². The largest absolute Gasteiger partial charge is 0.327 e. The Hall–Kier alpha value is -1.34. The predicted octanol–water partition coefficient (Wildman–Crippen LogP) is -0.602. The molecule has 0 aromatic carbocycles. The average Bonchev–Trinajstić information content (AvgIpc) is 2.22. The van der Waals surface area contributed by atoms with Crippen LogP contribution in [0.5, 0.6) is 0 Å². The van der Waals surface area contributed by atoms with Crippen LogP contribution in [0.1, 0.15) is 26.2 Å². The highest BCUT2D eigenvalue weighted by Crippen LogP contribution is 2.22. The molecule has 0 unspecified atom stereocenters. The van der Waals surface area contributed by atoms with Gasteiger partial charge in [-0.1, -0.05) is 6.92 Å². The molecule has 7 nitrogen and oxygen atoms in total. The lowest BCUT2D eigenvalue weighted by Gasteiger charge is -2.36. The Morgan fingerprint density at radius 1 is 1.24 bits per heavy atom. The van der Waals surface area contributed by atoms with Gasteiger partial charge in [0.05, 0.1) is 0 Å². The maximum Gasteiger partial charge on any atom is 0.325 e. The predicted molar refractivity (Wildman–Crippen MR) is 61.9 cm³/mol. The van der Waals surface area contributed by atoms with Crippen molar-refractivity contribution in [3.05, 3.63) is 0 Å². The summed E-state index contributed by atoms with van der Waals surface area (Å²) >= 11 is 0. The molecular formula is C10H19N5O2. The number of hydrogen-bond acceptors (Lipinski definition) is 4. The lowest BCUT2D eigenvalue weighted by atomic mass is 9.83. The maximum atomic E-state index is 11.1. The van der Waals surface area contributed by atoms with Crippen LogP contribution in [-0.4, -0.2) is 30.4 Å². The first-order valence-corrected chi connectivity index (χ1v) is 5.94. The van der Waals surface area contributed by atoms with Gasteiger partial charge in [-0.2, -0.15) is 0 Å². The van der Waals surface area contributed by atoms with E-state index in [4.69, 9.17) is 5.73 Å². The quantitative estimate of drug-likeness (QED) is 0.445. The molecule has 1 aliphatic carbocycles. The third-order valence-electron chi connectivity index (χ3n) is 3.44. The van der Waals surface area contributed by atoms with E-state index in [1.807, 2.05) is 0 Å². The van der Waals surface area contributed by atoms with Crippen molar-refractivity contribution in [2.75, 3.05) is 0 Å². The van der Waals surface area contributed by atoms with Crippen LogP contribution in [0.25, 0.3) is 0 Å². The van der Waals surface area contributed by atoms with Gasteiger partial charge >= 0.3 is 12.1 Å². The van der Waals surface area contributed by atoms with Gasteiger partial charge in [-0.15, -0.1) is 0 Å². The summed E-state index contributed by atoms with van der Waals surface area (Å²) in [7, 11) is 0. The molecule has 1 saturated heterocycles. The lowest BCUT2D eigenvalue weighted by Crippen LogP contribution is -2.68. The van der Waals surface area contributed by atoms with Crippen LogP contribution in [0.2, 0.25) is 0 Å². The van der Waals surface area contributed by atoms with Crippen LogP contribution in [0.15, 0.2) is 0 Å². The van der Waals surface area contributed by atoms with Crippen LogP contribution >= 0.6 is 0 Å². The summed E-state index contributed by atoms with van der Waals surface area (Å²) in [5.41, 5.74) is 6.00. The first-order chi connectivity index (χ1) is 8.04. The SMILES string of the molecule is C[C@@H]1CC[C@@H](NC2NC(=O)NC(=O)N2)C[C@@H]1N. The smallest absolute Gasteiger partial charge is 0.325 e. The molecule has 2 aliphatic rings. The third-order valence-corrected chi connectivity index (χ3v) is 3.44. The molecule has 1 saturated carbocycles. The molecular weight excluding hydrogens is 222 g/mol. The molecule has 17 heavy (non-hydrogen) atoms. The summed E-state index contributed by atoms with van der Waals surface area (Å²) in [5.74, 6) is 0.533. The molecule has 0 aromatic rings. The fourth-order valence-corrected chi connectivity index (χ4v) is 2.30. The molecule has 2 fully saturated rings. The molecule has 0 spiro atoms. The summed E-state index contributed by atoms with van der Waals surface area (Å²) in [5, 5.41) is 10.5. The molecule has 7 heteroatoms. The van der Waals surface area contributed by atoms with Gasteiger partial charge in [0.1, 0.15) is 0 Å². The molecule has 0 aromatic heterocycles. The van der Waals surface area contributed by atoms with Crippen LogP contribution in [0.3, 0.4) is 0 Å². The number of urea groups is 2. The number of rotatable bonds is 2. The first kappa shape index (κ1) is 12.1. The summed E-state index contributed by atoms with van der Waals surface area (Å²) in [6.07, 6.45) is 2.41. The van der Waals surface area contributed by atoms with Crippen molar-refractivity contribution >= 4 is 12.1 Å².